The second kappa shape index (κ2) is 7.91. The summed E-state index contributed by atoms with van der Waals surface area (Å²) in [5.41, 5.74) is 4.81. The number of carbonyl (C=O) groups is 1. The zero-order valence-electron chi connectivity index (χ0n) is 13.6. The lowest BCUT2D eigenvalue weighted by Gasteiger charge is -2.03. The van der Waals surface area contributed by atoms with Crippen LogP contribution in [0, 0.1) is 6.92 Å². The van der Waals surface area contributed by atoms with Crippen molar-refractivity contribution < 1.29 is 4.79 Å². The third-order valence-corrected chi connectivity index (χ3v) is 4.50. The standard InChI is InChI=1S/C18H13Cl3N4O/c1-11-15(17(21)25(24-11)13-5-3-2-4-6-13)10-22-23-18(26)14-8-7-12(19)9-16(14)20/h2-10H,1H3,(H,23,26)/b22-10+. The number of aryl methyl sites for hydroxylation is 1. The van der Waals surface area contributed by atoms with E-state index in [2.05, 4.69) is 15.6 Å². The lowest BCUT2D eigenvalue weighted by atomic mass is 10.2. The Labute approximate surface area is 165 Å². The lowest BCUT2D eigenvalue weighted by Crippen LogP contribution is -2.18. The Kier molecular flexibility index (Phi) is 5.61. The summed E-state index contributed by atoms with van der Waals surface area (Å²) in [6.45, 7) is 1.81. The Morgan fingerprint density at radius 2 is 1.88 bits per heavy atom. The number of halogens is 3. The second-order valence-corrected chi connectivity index (χ2v) is 6.56. The molecule has 0 saturated heterocycles. The van der Waals surface area contributed by atoms with Crippen molar-refractivity contribution in [2.45, 2.75) is 6.92 Å². The maximum Gasteiger partial charge on any atom is 0.272 e. The van der Waals surface area contributed by atoms with Crippen LogP contribution in [0.15, 0.2) is 53.6 Å². The van der Waals surface area contributed by atoms with Crippen molar-refractivity contribution in [1.82, 2.24) is 15.2 Å². The van der Waals surface area contributed by atoms with Gasteiger partial charge in [0.05, 0.1) is 33.7 Å². The van der Waals surface area contributed by atoms with E-state index in [-0.39, 0.29) is 10.6 Å². The number of hydrazone groups is 1. The Morgan fingerprint density at radius 1 is 1.15 bits per heavy atom. The Bertz CT molecular complexity index is 984. The number of nitrogens with zero attached hydrogens (tertiary/aromatic N) is 3. The fraction of sp³-hybridized carbons (Fsp3) is 0.0556. The number of benzene rings is 2. The second-order valence-electron chi connectivity index (χ2n) is 5.36. The maximum absolute atomic E-state index is 12.2. The molecule has 1 aromatic heterocycles. The molecule has 1 N–H and O–H groups in total. The zero-order valence-corrected chi connectivity index (χ0v) is 15.8. The smallest absolute Gasteiger partial charge is 0.267 e. The molecule has 0 radical (unpaired) electrons. The van der Waals surface area contributed by atoms with Gasteiger partial charge in [0.1, 0.15) is 5.15 Å². The summed E-state index contributed by atoms with van der Waals surface area (Å²) in [5.74, 6) is -0.452. The minimum Gasteiger partial charge on any atom is -0.267 e. The van der Waals surface area contributed by atoms with Gasteiger partial charge < -0.3 is 0 Å². The van der Waals surface area contributed by atoms with Gasteiger partial charge in [-0.1, -0.05) is 53.0 Å². The molecule has 0 aliphatic rings. The minimum atomic E-state index is -0.452. The van der Waals surface area contributed by atoms with Crippen molar-refractivity contribution in [3.05, 3.63) is 80.6 Å². The third kappa shape index (κ3) is 3.90. The first kappa shape index (κ1) is 18.5. The van der Waals surface area contributed by atoms with E-state index in [1.165, 1.54) is 18.3 Å². The van der Waals surface area contributed by atoms with Crippen LogP contribution in [0.4, 0.5) is 0 Å². The zero-order chi connectivity index (χ0) is 18.7. The van der Waals surface area contributed by atoms with Crippen molar-refractivity contribution in [3.8, 4) is 5.69 Å². The molecule has 0 unspecified atom stereocenters. The Balaban J connectivity index is 1.79. The molecule has 2 aromatic carbocycles. The predicted molar refractivity (Wildman–Crippen MR) is 105 cm³/mol. The van der Waals surface area contributed by atoms with Gasteiger partial charge in [0, 0.05) is 5.02 Å². The van der Waals surface area contributed by atoms with Crippen LogP contribution >= 0.6 is 34.8 Å². The lowest BCUT2D eigenvalue weighted by molar-refractivity contribution is 0.0955. The van der Waals surface area contributed by atoms with Gasteiger partial charge in [0.25, 0.3) is 5.91 Å². The molecule has 0 spiro atoms. The van der Waals surface area contributed by atoms with Gasteiger partial charge in [0.2, 0.25) is 0 Å². The van der Waals surface area contributed by atoms with E-state index < -0.39 is 5.91 Å². The number of hydrogen-bond donors (Lipinski definition) is 1. The molecule has 0 saturated carbocycles. The molecule has 1 heterocycles. The molecular weight excluding hydrogens is 395 g/mol. The van der Waals surface area contributed by atoms with Crippen LogP contribution in [0.25, 0.3) is 5.69 Å². The van der Waals surface area contributed by atoms with E-state index in [9.17, 15) is 4.79 Å². The van der Waals surface area contributed by atoms with E-state index in [0.29, 0.717) is 21.4 Å². The molecule has 8 heteroatoms. The highest BCUT2D eigenvalue weighted by molar-refractivity contribution is 6.36. The summed E-state index contributed by atoms with van der Waals surface area (Å²) >= 11 is 18.2. The molecule has 3 rings (SSSR count). The monoisotopic (exact) mass is 406 g/mol. The van der Waals surface area contributed by atoms with Crippen molar-refractivity contribution in [1.29, 1.82) is 0 Å². The van der Waals surface area contributed by atoms with Gasteiger partial charge in [-0.05, 0) is 37.3 Å². The van der Waals surface area contributed by atoms with Gasteiger partial charge in [-0.25, -0.2) is 10.1 Å². The SMILES string of the molecule is Cc1nn(-c2ccccc2)c(Cl)c1/C=N/NC(=O)c1ccc(Cl)cc1Cl. The van der Waals surface area contributed by atoms with Crippen LogP contribution in [0.1, 0.15) is 21.6 Å². The number of rotatable bonds is 4. The first-order valence-corrected chi connectivity index (χ1v) is 8.69. The van der Waals surface area contributed by atoms with Crippen LogP contribution < -0.4 is 5.43 Å². The molecule has 3 aromatic rings. The average Bonchev–Trinajstić information content (AvgIpc) is 2.90. The summed E-state index contributed by atoms with van der Waals surface area (Å²) < 4.78 is 1.61. The first-order valence-electron chi connectivity index (χ1n) is 7.56. The van der Waals surface area contributed by atoms with Crippen LogP contribution in [0.2, 0.25) is 15.2 Å². The normalized spacial score (nSPS) is 11.1. The molecule has 0 aliphatic carbocycles. The molecule has 0 fully saturated rings. The fourth-order valence-electron chi connectivity index (χ4n) is 2.29. The van der Waals surface area contributed by atoms with Crippen molar-refractivity contribution in [3.63, 3.8) is 0 Å². The van der Waals surface area contributed by atoms with Crippen molar-refractivity contribution in [2.24, 2.45) is 5.10 Å². The van der Waals surface area contributed by atoms with Gasteiger partial charge in [-0.2, -0.15) is 10.2 Å². The molecular formula is C18H13Cl3N4O. The van der Waals surface area contributed by atoms with Gasteiger partial charge in [-0.3, -0.25) is 4.79 Å². The molecule has 1 amide bonds. The fourth-order valence-corrected chi connectivity index (χ4v) is 3.10. The Hall–Kier alpha value is -2.34. The first-order chi connectivity index (χ1) is 12.5. The molecule has 0 aliphatic heterocycles. The maximum atomic E-state index is 12.2. The summed E-state index contributed by atoms with van der Waals surface area (Å²) in [4.78, 5) is 12.2. The molecule has 0 atom stereocenters. The predicted octanol–water partition coefficient (Wildman–Crippen LogP) is 4.90. The molecule has 5 nitrogen and oxygen atoms in total. The van der Waals surface area contributed by atoms with E-state index in [0.717, 1.165) is 5.69 Å². The summed E-state index contributed by atoms with van der Waals surface area (Å²) in [7, 11) is 0. The highest BCUT2D eigenvalue weighted by Crippen LogP contribution is 2.22. The van der Waals surface area contributed by atoms with Crippen LogP contribution in [0.5, 0.6) is 0 Å². The molecule has 26 heavy (non-hydrogen) atoms. The Morgan fingerprint density at radius 3 is 2.58 bits per heavy atom. The minimum absolute atomic E-state index is 0.247. The largest absolute Gasteiger partial charge is 0.272 e. The number of nitrogens with one attached hydrogen (secondary N) is 1. The van der Waals surface area contributed by atoms with Crippen molar-refractivity contribution >= 4 is 46.9 Å². The number of amides is 1. The van der Waals surface area contributed by atoms with Gasteiger partial charge in [0.15, 0.2) is 0 Å². The van der Waals surface area contributed by atoms with E-state index in [4.69, 9.17) is 34.8 Å². The van der Waals surface area contributed by atoms with Crippen LogP contribution in [0.3, 0.4) is 0 Å². The quantitative estimate of drug-likeness (QED) is 0.494. The van der Waals surface area contributed by atoms with Crippen molar-refractivity contribution in [2.75, 3.05) is 0 Å². The highest BCUT2D eigenvalue weighted by Gasteiger charge is 2.14. The van der Waals surface area contributed by atoms with Crippen LogP contribution in [-0.2, 0) is 0 Å². The number of hydrogen-bond acceptors (Lipinski definition) is 3. The molecule has 0 bridgehead atoms. The van der Waals surface area contributed by atoms with E-state index in [1.807, 2.05) is 37.3 Å². The van der Waals surface area contributed by atoms with E-state index in [1.54, 1.807) is 10.7 Å². The number of para-hydroxylation sites is 1. The third-order valence-electron chi connectivity index (χ3n) is 3.58. The van der Waals surface area contributed by atoms with E-state index >= 15 is 0 Å². The summed E-state index contributed by atoms with van der Waals surface area (Å²) in [5, 5.41) is 9.46. The number of aromatic nitrogens is 2. The van der Waals surface area contributed by atoms with Gasteiger partial charge >= 0.3 is 0 Å². The summed E-state index contributed by atoms with van der Waals surface area (Å²) in [6, 6.07) is 14.1. The summed E-state index contributed by atoms with van der Waals surface area (Å²) in [6.07, 6.45) is 1.45. The number of carbonyl (C=O) groups excluding carboxylic acids is 1. The van der Waals surface area contributed by atoms with Gasteiger partial charge in [-0.15, -0.1) is 0 Å². The van der Waals surface area contributed by atoms with Crippen LogP contribution in [-0.4, -0.2) is 21.9 Å². The highest BCUT2D eigenvalue weighted by atomic mass is 35.5. The molecule has 132 valence electrons. The topological polar surface area (TPSA) is 59.3 Å². The average molecular weight is 408 g/mol.